The molecule has 5 nitrogen and oxygen atoms in total. The molecule has 6 heteroatoms. The molecule has 1 saturated heterocycles. The number of nitrogens with one attached hydrogen (secondary N) is 1. The Morgan fingerprint density at radius 2 is 1.78 bits per heavy atom. The molecule has 0 radical (unpaired) electrons. The molecule has 2 amide bonds. The Morgan fingerprint density at radius 1 is 1.07 bits per heavy atom. The molecule has 0 aliphatic carbocycles. The molecule has 0 bridgehead atoms. The molecule has 2 aromatic carbocycles. The summed E-state index contributed by atoms with van der Waals surface area (Å²) in [6, 6.07) is 13.6. The summed E-state index contributed by atoms with van der Waals surface area (Å²) in [4.78, 5) is 24.9. The van der Waals surface area contributed by atoms with E-state index >= 15 is 0 Å². The second-order valence-electron chi connectivity index (χ2n) is 6.84. The fraction of sp³-hybridized carbons (Fsp3) is 0.333. The third kappa shape index (κ3) is 3.85. The number of likely N-dealkylation sites (tertiary alicyclic amines) is 1. The van der Waals surface area contributed by atoms with Gasteiger partial charge in [0.2, 0.25) is 11.8 Å². The van der Waals surface area contributed by atoms with Crippen LogP contribution in [0.2, 0.25) is 0 Å². The lowest BCUT2D eigenvalue weighted by molar-refractivity contribution is -0.148. The minimum absolute atomic E-state index is 0.0766. The Kier molecular flexibility index (Phi) is 5.56. The summed E-state index contributed by atoms with van der Waals surface area (Å²) in [5.74, 6) is -0.654. The summed E-state index contributed by atoms with van der Waals surface area (Å²) in [6.45, 7) is 3.09. The number of nitrogens with zero attached hydrogens (tertiary/aromatic N) is 1. The molecule has 3 atom stereocenters. The number of benzene rings is 2. The number of amides is 2. The Morgan fingerprint density at radius 3 is 2.33 bits per heavy atom. The molecule has 0 spiro atoms. The second kappa shape index (κ2) is 7.88. The quantitative estimate of drug-likeness (QED) is 0.849. The van der Waals surface area contributed by atoms with Gasteiger partial charge in [-0.2, -0.15) is 0 Å². The molecule has 0 aromatic heterocycles. The van der Waals surface area contributed by atoms with Gasteiger partial charge < -0.3 is 15.3 Å². The molecule has 1 fully saturated rings. The van der Waals surface area contributed by atoms with Gasteiger partial charge in [0.05, 0.1) is 18.7 Å². The van der Waals surface area contributed by atoms with Crippen molar-refractivity contribution in [2.24, 2.45) is 0 Å². The molecular weight excluding hydrogens is 347 g/mol. The zero-order valence-electron chi connectivity index (χ0n) is 15.4. The summed E-state index contributed by atoms with van der Waals surface area (Å²) in [5.41, 5.74) is 2.65. The van der Waals surface area contributed by atoms with Crippen molar-refractivity contribution in [3.05, 3.63) is 59.9 Å². The van der Waals surface area contributed by atoms with Gasteiger partial charge in [-0.3, -0.25) is 9.59 Å². The van der Waals surface area contributed by atoms with Gasteiger partial charge in [0.25, 0.3) is 0 Å². The highest BCUT2D eigenvalue weighted by Gasteiger charge is 2.49. The molecule has 1 aliphatic rings. The predicted molar refractivity (Wildman–Crippen MR) is 100 cm³/mol. The Hall–Kier alpha value is -2.73. The van der Waals surface area contributed by atoms with Crippen molar-refractivity contribution in [3.8, 4) is 11.1 Å². The van der Waals surface area contributed by atoms with Crippen molar-refractivity contribution < 1.29 is 19.1 Å². The highest BCUT2D eigenvalue weighted by Crippen LogP contribution is 2.41. The highest BCUT2D eigenvalue weighted by atomic mass is 19.1. The van der Waals surface area contributed by atoms with Crippen LogP contribution >= 0.6 is 0 Å². The molecule has 2 N–H and O–H groups in total. The topological polar surface area (TPSA) is 69.6 Å². The molecule has 3 rings (SSSR count). The standard InChI is InChI=1S/C21H23FN2O3/c1-13(26)23-11-19-21(20(12-25)24(19)14(2)27)16-8-6-15(7-9-16)17-4-3-5-18(22)10-17/h3-10,19-21,25H,11-12H2,1-2H3,(H,23,26)/t19-,20+,21-/m1/s1. The number of aliphatic hydroxyl groups excluding tert-OH is 1. The van der Waals surface area contributed by atoms with Gasteiger partial charge in [-0.25, -0.2) is 4.39 Å². The van der Waals surface area contributed by atoms with Crippen molar-refractivity contribution in [2.75, 3.05) is 13.2 Å². The molecule has 2 aromatic rings. The minimum Gasteiger partial charge on any atom is -0.394 e. The molecule has 0 unspecified atom stereocenters. The Balaban J connectivity index is 1.85. The lowest BCUT2D eigenvalue weighted by atomic mass is 9.74. The van der Waals surface area contributed by atoms with Crippen LogP contribution in [0.15, 0.2) is 48.5 Å². The second-order valence-corrected chi connectivity index (χ2v) is 6.84. The molecule has 0 saturated carbocycles. The number of hydrogen-bond acceptors (Lipinski definition) is 3. The van der Waals surface area contributed by atoms with Gasteiger partial charge in [-0.15, -0.1) is 0 Å². The van der Waals surface area contributed by atoms with E-state index in [9.17, 15) is 19.1 Å². The first-order valence-electron chi connectivity index (χ1n) is 8.92. The fourth-order valence-electron chi connectivity index (χ4n) is 3.90. The third-order valence-corrected chi connectivity index (χ3v) is 5.11. The third-order valence-electron chi connectivity index (χ3n) is 5.11. The van der Waals surface area contributed by atoms with Gasteiger partial charge in [0, 0.05) is 26.3 Å². The van der Waals surface area contributed by atoms with Crippen molar-refractivity contribution in [1.82, 2.24) is 10.2 Å². The Labute approximate surface area is 157 Å². The smallest absolute Gasteiger partial charge is 0.220 e. The number of hydrogen-bond donors (Lipinski definition) is 2. The van der Waals surface area contributed by atoms with E-state index in [-0.39, 0.29) is 42.2 Å². The number of carbonyl (C=O) groups excluding carboxylic acids is 2. The van der Waals surface area contributed by atoms with Crippen LogP contribution in [0.1, 0.15) is 25.3 Å². The van der Waals surface area contributed by atoms with Gasteiger partial charge in [-0.1, -0.05) is 36.4 Å². The van der Waals surface area contributed by atoms with E-state index in [2.05, 4.69) is 5.32 Å². The SMILES string of the molecule is CC(=O)NC[C@@H]1[C@@H](c2ccc(-c3cccc(F)c3)cc2)[C@H](CO)N1C(C)=O. The van der Waals surface area contributed by atoms with Gasteiger partial charge in [0.1, 0.15) is 5.82 Å². The normalized spacial score (nSPS) is 21.5. The fourth-order valence-corrected chi connectivity index (χ4v) is 3.90. The zero-order chi connectivity index (χ0) is 19.6. The largest absolute Gasteiger partial charge is 0.394 e. The molecular formula is C21H23FN2O3. The number of halogens is 1. The molecule has 142 valence electrons. The lowest BCUT2D eigenvalue weighted by Gasteiger charge is -2.54. The maximum atomic E-state index is 13.4. The van der Waals surface area contributed by atoms with Crippen molar-refractivity contribution in [1.29, 1.82) is 0 Å². The van der Waals surface area contributed by atoms with Crippen LogP contribution in [0.25, 0.3) is 11.1 Å². The highest BCUT2D eigenvalue weighted by molar-refractivity contribution is 5.77. The number of carbonyl (C=O) groups is 2. The number of rotatable bonds is 5. The summed E-state index contributed by atoms with van der Waals surface area (Å²) in [5, 5.41) is 12.5. The van der Waals surface area contributed by atoms with E-state index in [1.165, 1.54) is 26.0 Å². The summed E-state index contributed by atoms with van der Waals surface area (Å²) >= 11 is 0. The van der Waals surface area contributed by atoms with E-state index in [0.717, 1.165) is 16.7 Å². The van der Waals surface area contributed by atoms with E-state index in [0.29, 0.717) is 6.54 Å². The minimum atomic E-state index is -0.318. The number of aliphatic hydroxyl groups is 1. The van der Waals surface area contributed by atoms with Crippen molar-refractivity contribution in [3.63, 3.8) is 0 Å². The van der Waals surface area contributed by atoms with Crippen LogP contribution < -0.4 is 5.32 Å². The van der Waals surface area contributed by atoms with Crippen LogP contribution in [0.4, 0.5) is 4.39 Å². The van der Waals surface area contributed by atoms with Crippen LogP contribution in [-0.2, 0) is 9.59 Å². The van der Waals surface area contributed by atoms with Crippen LogP contribution in [0, 0.1) is 5.82 Å². The van der Waals surface area contributed by atoms with E-state index < -0.39 is 0 Å². The molecule has 1 heterocycles. The first-order chi connectivity index (χ1) is 12.9. The van der Waals surface area contributed by atoms with E-state index in [1.807, 2.05) is 30.3 Å². The van der Waals surface area contributed by atoms with E-state index in [4.69, 9.17) is 0 Å². The lowest BCUT2D eigenvalue weighted by Crippen LogP contribution is -2.68. The average Bonchev–Trinajstić information content (AvgIpc) is 2.61. The van der Waals surface area contributed by atoms with Gasteiger partial charge >= 0.3 is 0 Å². The van der Waals surface area contributed by atoms with Crippen molar-refractivity contribution >= 4 is 11.8 Å². The molecule has 1 aliphatic heterocycles. The van der Waals surface area contributed by atoms with Crippen LogP contribution in [-0.4, -0.2) is 47.1 Å². The van der Waals surface area contributed by atoms with Crippen LogP contribution in [0.5, 0.6) is 0 Å². The monoisotopic (exact) mass is 370 g/mol. The summed E-state index contributed by atoms with van der Waals surface area (Å²) in [6.07, 6.45) is 0. The van der Waals surface area contributed by atoms with E-state index in [1.54, 1.807) is 11.0 Å². The summed E-state index contributed by atoms with van der Waals surface area (Å²) in [7, 11) is 0. The maximum Gasteiger partial charge on any atom is 0.220 e. The van der Waals surface area contributed by atoms with Gasteiger partial charge in [-0.05, 0) is 28.8 Å². The van der Waals surface area contributed by atoms with Crippen LogP contribution in [0.3, 0.4) is 0 Å². The first-order valence-corrected chi connectivity index (χ1v) is 8.92. The summed E-state index contributed by atoms with van der Waals surface area (Å²) < 4.78 is 13.4. The Bertz CT molecular complexity index is 838. The average molecular weight is 370 g/mol. The molecule has 27 heavy (non-hydrogen) atoms. The van der Waals surface area contributed by atoms with Gasteiger partial charge in [0.15, 0.2) is 0 Å². The zero-order valence-corrected chi connectivity index (χ0v) is 15.4. The predicted octanol–water partition coefficient (Wildman–Crippen LogP) is 2.30. The maximum absolute atomic E-state index is 13.4. The van der Waals surface area contributed by atoms with Crippen molar-refractivity contribution in [2.45, 2.75) is 31.8 Å². The first kappa shape index (κ1) is 19.0.